The molecule has 0 heterocycles. The lowest BCUT2D eigenvalue weighted by Gasteiger charge is -2.15. The smallest absolute Gasteiger partial charge is 0.315 e. The second kappa shape index (κ2) is 8.11. The SMILES string of the molecule is COCCCNC(=O)NC(C)c1ccc(Br)cc1. The van der Waals surface area contributed by atoms with E-state index in [9.17, 15) is 4.79 Å². The van der Waals surface area contributed by atoms with Gasteiger partial charge in [-0.25, -0.2) is 4.79 Å². The van der Waals surface area contributed by atoms with Gasteiger partial charge < -0.3 is 15.4 Å². The van der Waals surface area contributed by atoms with Crippen LogP contribution in [0.15, 0.2) is 28.7 Å². The zero-order chi connectivity index (χ0) is 13.4. The number of urea groups is 1. The molecule has 1 rings (SSSR count). The van der Waals surface area contributed by atoms with Gasteiger partial charge in [0.25, 0.3) is 0 Å². The largest absolute Gasteiger partial charge is 0.385 e. The Balaban J connectivity index is 2.33. The summed E-state index contributed by atoms with van der Waals surface area (Å²) in [6.07, 6.45) is 0.816. The van der Waals surface area contributed by atoms with Gasteiger partial charge in [-0.05, 0) is 31.0 Å². The summed E-state index contributed by atoms with van der Waals surface area (Å²) in [6, 6.07) is 7.73. The van der Waals surface area contributed by atoms with E-state index in [-0.39, 0.29) is 12.1 Å². The first kappa shape index (κ1) is 15.0. The highest BCUT2D eigenvalue weighted by atomic mass is 79.9. The molecule has 0 saturated carbocycles. The lowest BCUT2D eigenvalue weighted by atomic mass is 10.1. The summed E-state index contributed by atoms with van der Waals surface area (Å²) in [5.41, 5.74) is 1.07. The van der Waals surface area contributed by atoms with Gasteiger partial charge in [0.15, 0.2) is 0 Å². The normalized spacial score (nSPS) is 11.9. The van der Waals surface area contributed by atoms with Crippen molar-refractivity contribution >= 4 is 22.0 Å². The molecule has 0 aromatic heterocycles. The third-order valence-corrected chi connectivity index (χ3v) is 3.06. The molecule has 1 aromatic rings. The van der Waals surface area contributed by atoms with E-state index in [0.717, 1.165) is 16.5 Å². The van der Waals surface area contributed by atoms with Crippen molar-refractivity contribution in [2.45, 2.75) is 19.4 Å². The summed E-state index contributed by atoms with van der Waals surface area (Å²) in [7, 11) is 1.65. The van der Waals surface area contributed by atoms with Crippen LogP contribution in [-0.4, -0.2) is 26.3 Å². The minimum Gasteiger partial charge on any atom is -0.385 e. The fraction of sp³-hybridized carbons (Fsp3) is 0.462. The molecule has 2 amide bonds. The maximum atomic E-state index is 11.6. The zero-order valence-electron chi connectivity index (χ0n) is 10.7. The van der Waals surface area contributed by atoms with E-state index in [1.807, 2.05) is 31.2 Å². The number of benzene rings is 1. The van der Waals surface area contributed by atoms with Crippen molar-refractivity contribution in [3.8, 4) is 0 Å². The number of rotatable bonds is 6. The van der Waals surface area contributed by atoms with Gasteiger partial charge in [-0.15, -0.1) is 0 Å². The minimum absolute atomic E-state index is 0.0134. The molecule has 4 nitrogen and oxygen atoms in total. The van der Waals surface area contributed by atoms with Crippen LogP contribution in [-0.2, 0) is 4.74 Å². The third-order valence-electron chi connectivity index (χ3n) is 2.53. The number of carbonyl (C=O) groups is 1. The first-order chi connectivity index (χ1) is 8.63. The Hall–Kier alpha value is -1.07. The van der Waals surface area contributed by atoms with Gasteiger partial charge in [0.1, 0.15) is 0 Å². The van der Waals surface area contributed by atoms with Crippen LogP contribution in [0.2, 0.25) is 0 Å². The van der Waals surface area contributed by atoms with Crippen LogP contribution in [0.5, 0.6) is 0 Å². The standard InChI is InChI=1S/C13H19BrN2O2/c1-10(11-4-6-12(14)7-5-11)16-13(17)15-8-3-9-18-2/h4-7,10H,3,8-9H2,1-2H3,(H2,15,16,17). The first-order valence-electron chi connectivity index (χ1n) is 5.92. The average Bonchev–Trinajstić information content (AvgIpc) is 2.35. The van der Waals surface area contributed by atoms with Gasteiger partial charge in [0.2, 0.25) is 0 Å². The van der Waals surface area contributed by atoms with E-state index in [1.54, 1.807) is 7.11 Å². The Labute approximate surface area is 116 Å². The number of hydrogen-bond acceptors (Lipinski definition) is 2. The van der Waals surface area contributed by atoms with Crippen LogP contribution in [0.1, 0.15) is 24.9 Å². The van der Waals surface area contributed by atoms with Crippen LogP contribution in [0, 0.1) is 0 Å². The lowest BCUT2D eigenvalue weighted by Crippen LogP contribution is -2.37. The molecule has 0 saturated heterocycles. The van der Waals surface area contributed by atoms with Crippen LogP contribution in [0.3, 0.4) is 0 Å². The molecular weight excluding hydrogens is 296 g/mol. The van der Waals surface area contributed by atoms with Crippen LogP contribution < -0.4 is 10.6 Å². The van der Waals surface area contributed by atoms with Crippen molar-refractivity contribution in [1.82, 2.24) is 10.6 Å². The fourth-order valence-electron chi connectivity index (χ4n) is 1.50. The first-order valence-corrected chi connectivity index (χ1v) is 6.71. The van der Waals surface area contributed by atoms with Crippen molar-refractivity contribution in [1.29, 1.82) is 0 Å². The molecule has 0 aliphatic heterocycles. The Morgan fingerprint density at radius 1 is 1.39 bits per heavy atom. The van der Waals surface area contributed by atoms with E-state index >= 15 is 0 Å². The van der Waals surface area contributed by atoms with Gasteiger partial charge in [-0.3, -0.25) is 0 Å². The molecule has 100 valence electrons. The quantitative estimate of drug-likeness (QED) is 0.793. The van der Waals surface area contributed by atoms with Crippen molar-refractivity contribution in [3.63, 3.8) is 0 Å². The molecule has 1 aromatic carbocycles. The van der Waals surface area contributed by atoms with Crippen molar-refractivity contribution in [2.75, 3.05) is 20.3 Å². The molecule has 0 spiro atoms. The van der Waals surface area contributed by atoms with Gasteiger partial charge in [-0.1, -0.05) is 28.1 Å². The lowest BCUT2D eigenvalue weighted by molar-refractivity contribution is 0.193. The Morgan fingerprint density at radius 2 is 2.06 bits per heavy atom. The molecule has 1 unspecified atom stereocenters. The number of ether oxygens (including phenoxy) is 1. The molecule has 5 heteroatoms. The number of carbonyl (C=O) groups excluding carboxylic acids is 1. The van der Waals surface area contributed by atoms with Gasteiger partial charge in [-0.2, -0.15) is 0 Å². The van der Waals surface area contributed by atoms with Gasteiger partial charge in [0.05, 0.1) is 6.04 Å². The monoisotopic (exact) mass is 314 g/mol. The van der Waals surface area contributed by atoms with E-state index in [2.05, 4.69) is 26.6 Å². The van der Waals surface area contributed by atoms with Crippen molar-refractivity contribution in [2.24, 2.45) is 0 Å². The number of nitrogens with one attached hydrogen (secondary N) is 2. The average molecular weight is 315 g/mol. The molecule has 18 heavy (non-hydrogen) atoms. The van der Waals surface area contributed by atoms with Crippen molar-refractivity contribution < 1.29 is 9.53 Å². The minimum atomic E-state index is -0.151. The highest BCUT2D eigenvalue weighted by molar-refractivity contribution is 9.10. The fourth-order valence-corrected chi connectivity index (χ4v) is 1.77. The Bertz CT molecular complexity index is 368. The zero-order valence-corrected chi connectivity index (χ0v) is 12.3. The summed E-state index contributed by atoms with van der Waals surface area (Å²) in [4.78, 5) is 11.6. The van der Waals surface area contributed by atoms with Gasteiger partial charge >= 0.3 is 6.03 Å². The highest BCUT2D eigenvalue weighted by Gasteiger charge is 2.08. The highest BCUT2D eigenvalue weighted by Crippen LogP contribution is 2.16. The predicted octanol–water partition coefficient (Wildman–Crippen LogP) is 2.85. The number of hydrogen-bond donors (Lipinski definition) is 2. The maximum absolute atomic E-state index is 11.6. The van der Waals surface area contributed by atoms with E-state index in [1.165, 1.54) is 0 Å². The summed E-state index contributed by atoms with van der Waals surface area (Å²) in [5, 5.41) is 5.68. The maximum Gasteiger partial charge on any atom is 0.315 e. The van der Waals surface area contributed by atoms with Crippen LogP contribution in [0.25, 0.3) is 0 Å². The summed E-state index contributed by atoms with van der Waals surface area (Å²) < 4.78 is 5.94. The van der Waals surface area contributed by atoms with Crippen molar-refractivity contribution in [3.05, 3.63) is 34.3 Å². The van der Waals surface area contributed by atoms with E-state index in [0.29, 0.717) is 13.2 Å². The number of amides is 2. The second-order valence-electron chi connectivity index (χ2n) is 4.02. The second-order valence-corrected chi connectivity index (χ2v) is 4.94. The Kier molecular flexibility index (Phi) is 6.75. The van der Waals surface area contributed by atoms with Crippen LogP contribution in [0.4, 0.5) is 4.79 Å². The molecule has 0 bridgehead atoms. The Morgan fingerprint density at radius 3 is 2.67 bits per heavy atom. The topological polar surface area (TPSA) is 50.4 Å². The molecule has 0 fully saturated rings. The summed E-state index contributed by atoms with van der Waals surface area (Å²) >= 11 is 3.38. The molecule has 0 radical (unpaired) electrons. The molecule has 1 atom stereocenters. The molecular formula is C13H19BrN2O2. The van der Waals surface area contributed by atoms with Crippen LogP contribution >= 0.6 is 15.9 Å². The summed E-state index contributed by atoms with van der Waals surface area (Å²) in [5.74, 6) is 0. The number of methoxy groups -OCH3 is 1. The summed E-state index contributed by atoms with van der Waals surface area (Å²) in [6.45, 7) is 3.23. The predicted molar refractivity (Wildman–Crippen MR) is 75.6 cm³/mol. The van der Waals surface area contributed by atoms with E-state index < -0.39 is 0 Å². The number of halogens is 1. The van der Waals surface area contributed by atoms with Gasteiger partial charge in [0, 0.05) is 24.7 Å². The van der Waals surface area contributed by atoms with E-state index in [4.69, 9.17) is 4.74 Å². The third kappa shape index (κ3) is 5.51. The molecule has 0 aliphatic rings. The molecule has 0 aliphatic carbocycles. The molecule has 2 N–H and O–H groups in total.